The molecule has 1 aromatic rings. The van der Waals surface area contributed by atoms with Crippen molar-refractivity contribution in [3.05, 3.63) is 36.4 Å². The van der Waals surface area contributed by atoms with Gasteiger partial charge in [-0.3, -0.25) is 4.57 Å². The minimum atomic E-state index is 0.930. The van der Waals surface area contributed by atoms with E-state index in [4.69, 9.17) is 0 Å². The molecule has 0 saturated heterocycles. The van der Waals surface area contributed by atoms with Gasteiger partial charge in [-0.2, -0.15) is 0 Å². The van der Waals surface area contributed by atoms with Gasteiger partial charge in [0.25, 0.3) is 0 Å². The molecule has 0 aliphatic carbocycles. The van der Waals surface area contributed by atoms with E-state index in [2.05, 4.69) is 22.1 Å². The second-order valence-corrected chi connectivity index (χ2v) is 2.97. The second-order valence-electron chi connectivity index (χ2n) is 2.97. The van der Waals surface area contributed by atoms with E-state index in [1.807, 2.05) is 23.9 Å². The van der Waals surface area contributed by atoms with Crippen LogP contribution in [-0.4, -0.2) is 15.8 Å². The average Bonchev–Trinajstić information content (AvgIpc) is 2.56. The van der Waals surface area contributed by atoms with E-state index in [0.717, 1.165) is 12.2 Å². The molecule has 0 radical (unpaired) electrons. The Kier molecular flexibility index (Phi) is 2.08. The van der Waals surface area contributed by atoms with Crippen molar-refractivity contribution in [1.29, 1.82) is 0 Å². The van der Waals surface area contributed by atoms with Crippen LogP contribution in [0.2, 0.25) is 0 Å². The SMILES string of the molecule is CC1=CCC=C(n2ccnc2)N=C1. The largest absolute Gasteiger partial charge is 0.291 e. The zero-order valence-corrected chi connectivity index (χ0v) is 7.51. The van der Waals surface area contributed by atoms with E-state index in [0.29, 0.717) is 0 Å². The van der Waals surface area contributed by atoms with Gasteiger partial charge in [-0.1, -0.05) is 6.08 Å². The minimum Gasteiger partial charge on any atom is -0.291 e. The van der Waals surface area contributed by atoms with Gasteiger partial charge in [0.1, 0.15) is 12.1 Å². The van der Waals surface area contributed by atoms with Crippen LogP contribution in [0.4, 0.5) is 0 Å². The van der Waals surface area contributed by atoms with Crippen molar-refractivity contribution in [2.45, 2.75) is 13.3 Å². The number of aromatic nitrogens is 2. The van der Waals surface area contributed by atoms with Gasteiger partial charge in [0.2, 0.25) is 0 Å². The van der Waals surface area contributed by atoms with Crippen molar-refractivity contribution in [3.8, 4) is 0 Å². The molecule has 0 atom stereocenters. The van der Waals surface area contributed by atoms with Gasteiger partial charge in [-0.25, -0.2) is 9.98 Å². The van der Waals surface area contributed by atoms with Crippen LogP contribution >= 0.6 is 0 Å². The lowest BCUT2D eigenvalue weighted by atomic mass is 10.3. The van der Waals surface area contributed by atoms with Crippen LogP contribution in [-0.2, 0) is 0 Å². The van der Waals surface area contributed by atoms with Crippen LogP contribution in [0.5, 0.6) is 0 Å². The Hall–Kier alpha value is -1.64. The predicted octanol–water partition coefficient (Wildman–Crippen LogP) is 2.10. The Balaban J connectivity index is 2.28. The molecule has 13 heavy (non-hydrogen) atoms. The average molecular weight is 173 g/mol. The Morgan fingerprint density at radius 2 is 2.31 bits per heavy atom. The molecule has 2 rings (SSSR count). The van der Waals surface area contributed by atoms with Crippen LogP contribution in [0, 0.1) is 0 Å². The fourth-order valence-electron chi connectivity index (χ4n) is 1.19. The van der Waals surface area contributed by atoms with Crippen molar-refractivity contribution >= 4 is 12.0 Å². The summed E-state index contributed by atoms with van der Waals surface area (Å²) in [5.41, 5.74) is 1.20. The molecule has 0 aromatic carbocycles. The highest BCUT2D eigenvalue weighted by Gasteiger charge is 1.98. The Morgan fingerprint density at radius 3 is 3.08 bits per heavy atom. The molecule has 66 valence electrons. The number of hydrogen-bond acceptors (Lipinski definition) is 2. The van der Waals surface area contributed by atoms with Crippen molar-refractivity contribution in [2.75, 3.05) is 0 Å². The van der Waals surface area contributed by atoms with Gasteiger partial charge in [-0.15, -0.1) is 0 Å². The number of aliphatic imine (C=N–C) groups is 1. The lowest BCUT2D eigenvalue weighted by Crippen LogP contribution is -1.90. The topological polar surface area (TPSA) is 30.2 Å². The smallest absolute Gasteiger partial charge is 0.134 e. The fourth-order valence-corrected chi connectivity index (χ4v) is 1.19. The quantitative estimate of drug-likeness (QED) is 0.639. The van der Waals surface area contributed by atoms with Crippen molar-refractivity contribution < 1.29 is 0 Å². The first-order valence-corrected chi connectivity index (χ1v) is 4.25. The Bertz CT molecular complexity index is 369. The molecule has 3 heteroatoms. The van der Waals surface area contributed by atoms with Gasteiger partial charge in [-0.05, 0) is 25.0 Å². The molecular formula is C10H11N3. The van der Waals surface area contributed by atoms with Crippen LogP contribution in [0.3, 0.4) is 0 Å². The molecule has 0 N–H and O–H groups in total. The third-order valence-corrected chi connectivity index (χ3v) is 1.91. The molecule has 0 bridgehead atoms. The van der Waals surface area contributed by atoms with Crippen molar-refractivity contribution in [2.24, 2.45) is 4.99 Å². The van der Waals surface area contributed by atoms with Gasteiger partial charge >= 0.3 is 0 Å². The molecule has 1 aliphatic heterocycles. The Morgan fingerprint density at radius 1 is 1.38 bits per heavy atom. The zero-order valence-electron chi connectivity index (χ0n) is 7.51. The summed E-state index contributed by atoms with van der Waals surface area (Å²) in [6.07, 6.45) is 12.4. The molecule has 0 spiro atoms. The standard InChI is InChI=1S/C10H11N3/c1-9-3-2-4-10(12-7-9)13-6-5-11-8-13/h3-8H,2H2,1H3. The maximum atomic E-state index is 4.34. The van der Waals surface area contributed by atoms with Gasteiger partial charge in [0, 0.05) is 18.6 Å². The summed E-state index contributed by atoms with van der Waals surface area (Å²) >= 11 is 0. The molecule has 1 aliphatic rings. The first kappa shape index (κ1) is 7.98. The summed E-state index contributed by atoms with van der Waals surface area (Å²) < 4.78 is 1.91. The third kappa shape index (κ3) is 1.75. The highest BCUT2D eigenvalue weighted by molar-refractivity contribution is 5.82. The summed E-state index contributed by atoms with van der Waals surface area (Å²) in [6, 6.07) is 0. The maximum absolute atomic E-state index is 4.34. The first-order chi connectivity index (χ1) is 6.36. The minimum absolute atomic E-state index is 0.930. The second kappa shape index (κ2) is 3.39. The normalized spacial score (nSPS) is 16.4. The van der Waals surface area contributed by atoms with E-state index in [-0.39, 0.29) is 0 Å². The number of rotatable bonds is 1. The highest BCUT2D eigenvalue weighted by atomic mass is 15.1. The summed E-state index contributed by atoms with van der Waals surface area (Å²) in [7, 11) is 0. The van der Waals surface area contributed by atoms with E-state index in [1.165, 1.54) is 5.57 Å². The lowest BCUT2D eigenvalue weighted by Gasteiger charge is -1.99. The molecule has 3 nitrogen and oxygen atoms in total. The molecule has 0 saturated carbocycles. The van der Waals surface area contributed by atoms with E-state index >= 15 is 0 Å². The van der Waals surface area contributed by atoms with Crippen LogP contribution in [0.15, 0.2) is 41.4 Å². The predicted molar refractivity (Wildman–Crippen MR) is 53.4 cm³/mol. The van der Waals surface area contributed by atoms with Gasteiger partial charge in [0.15, 0.2) is 0 Å². The number of nitrogens with zero attached hydrogens (tertiary/aromatic N) is 3. The first-order valence-electron chi connectivity index (χ1n) is 4.25. The van der Waals surface area contributed by atoms with Crippen LogP contribution < -0.4 is 0 Å². The molecule has 1 aromatic heterocycles. The Labute approximate surface area is 77.1 Å². The summed E-state index contributed by atoms with van der Waals surface area (Å²) in [5, 5.41) is 0. The molecule has 0 unspecified atom stereocenters. The molecule has 2 heterocycles. The summed E-state index contributed by atoms with van der Waals surface area (Å²) in [5.74, 6) is 0.936. The highest BCUT2D eigenvalue weighted by Crippen LogP contribution is 2.11. The van der Waals surface area contributed by atoms with Crippen LogP contribution in [0.1, 0.15) is 13.3 Å². The van der Waals surface area contributed by atoms with Crippen LogP contribution in [0.25, 0.3) is 5.82 Å². The fraction of sp³-hybridized carbons (Fsp3) is 0.200. The zero-order chi connectivity index (χ0) is 9.10. The summed E-state index contributed by atoms with van der Waals surface area (Å²) in [6.45, 7) is 2.05. The van der Waals surface area contributed by atoms with E-state index in [9.17, 15) is 0 Å². The van der Waals surface area contributed by atoms with Gasteiger partial charge < -0.3 is 0 Å². The van der Waals surface area contributed by atoms with E-state index < -0.39 is 0 Å². The van der Waals surface area contributed by atoms with Crippen molar-refractivity contribution in [1.82, 2.24) is 9.55 Å². The molecular weight excluding hydrogens is 162 g/mol. The number of imidazole rings is 1. The maximum Gasteiger partial charge on any atom is 0.134 e. The monoisotopic (exact) mass is 173 g/mol. The van der Waals surface area contributed by atoms with Crippen molar-refractivity contribution in [3.63, 3.8) is 0 Å². The number of allylic oxidation sites excluding steroid dienone is 3. The molecule has 0 amide bonds. The third-order valence-electron chi connectivity index (χ3n) is 1.91. The molecule has 0 fully saturated rings. The van der Waals surface area contributed by atoms with E-state index in [1.54, 1.807) is 12.5 Å². The number of hydrogen-bond donors (Lipinski definition) is 0. The summed E-state index contributed by atoms with van der Waals surface area (Å²) in [4.78, 5) is 8.32. The van der Waals surface area contributed by atoms with Gasteiger partial charge in [0.05, 0.1) is 0 Å². The lowest BCUT2D eigenvalue weighted by molar-refractivity contribution is 1.05.